The van der Waals surface area contributed by atoms with Gasteiger partial charge in [-0.2, -0.15) is 0 Å². The molecule has 0 unspecified atom stereocenters. The number of benzene rings is 2. The molecule has 0 radical (unpaired) electrons. The summed E-state index contributed by atoms with van der Waals surface area (Å²) in [6, 6.07) is 12.0. The Bertz CT molecular complexity index is 785. The van der Waals surface area contributed by atoms with Crippen LogP contribution in [-0.4, -0.2) is 31.6 Å². The minimum absolute atomic E-state index is 0.0793. The molecule has 1 amide bonds. The second kappa shape index (κ2) is 8.26. The van der Waals surface area contributed by atoms with Crippen LogP contribution in [0.5, 0.6) is 11.5 Å². The van der Waals surface area contributed by atoms with Crippen LogP contribution in [0.1, 0.15) is 46.8 Å². The van der Waals surface area contributed by atoms with Crippen LogP contribution in [0.25, 0.3) is 0 Å². The molecular formula is C22H27NO3. The first-order valence-corrected chi connectivity index (χ1v) is 9.28. The summed E-state index contributed by atoms with van der Waals surface area (Å²) < 4.78 is 10.7. The van der Waals surface area contributed by atoms with E-state index in [1.807, 2.05) is 36.1 Å². The van der Waals surface area contributed by atoms with Gasteiger partial charge in [0.2, 0.25) is 0 Å². The molecule has 0 saturated heterocycles. The van der Waals surface area contributed by atoms with E-state index in [2.05, 4.69) is 12.1 Å². The summed E-state index contributed by atoms with van der Waals surface area (Å²) in [5.74, 6) is 1.46. The lowest BCUT2D eigenvalue weighted by atomic mass is 9.90. The largest absolute Gasteiger partial charge is 0.493 e. The smallest absolute Gasteiger partial charge is 0.254 e. The van der Waals surface area contributed by atoms with Gasteiger partial charge in [0, 0.05) is 18.7 Å². The maximum Gasteiger partial charge on any atom is 0.254 e. The number of nitrogens with zero attached hydrogens (tertiary/aromatic N) is 1. The van der Waals surface area contributed by atoms with Crippen LogP contribution >= 0.6 is 0 Å². The second-order valence-electron chi connectivity index (χ2n) is 6.70. The van der Waals surface area contributed by atoms with Gasteiger partial charge in [0.1, 0.15) is 0 Å². The van der Waals surface area contributed by atoms with Gasteiger partial charge < -0.3 is 14.4 Å². The highest BCUT2D eigenvalue weighted by Crippen LogP contribution is 2.28. The van der Waals surface area contributed by atoms with E-state index in [0.717, 1.165) is 24.0 Å². The van der Waals surface area contributed by atoms with Gasteiger partial charge in [-0.1, -0.05) is 12.1 Å². The van der Waals surface area contributed by atoms with E-state index in [-0.39, 0.29) is 5.91 Å². The number of fused-ring (bicyclic) bond motifs is 1. The molecule has 0 fully saturated rings. The number of carbonyl (C=O) groups is 1. The zero-order valence-electron chi connectivity index (χ0n) is 15.9. The molecule has 138 valence electrons. The molecule has 0 saturated carbocycles. The fourth-order valence-corrected chi connectivity index (χ4v) is 3.58. The Kier molecular flexibility index (Phi) is 5.82. The van der Waals surface area contributed by atoms with Crippen molar-refractivity contribution in [1.82, 2.24) is 4.90 Å². The highest BCUT2D eigenvalue weighted by molar-refractivity contribution is 5.94. The lowest BCUT2D eigenvalue weighted by molar-refractivity contribution is 0.0752. The average Bonchev–Trinajstić information content (AvgIpc) is 2.70. The van der Waals surface area contributed by atoms with Gasteiger partial charge in [-0.15, -0.1) is 0 Å². The first kappa shape index (κ1) is 18.3. The molecule has 2 aromatic carbocycles. The Labute approximate surface area is 155 Å². The summed E-state index contributed by atoms with van der Waals surface area (Å²) in [6.45, 7) is 3.22. The van der Waals surface area contributed by atoms with Crippen molar-refractivity contribution in [3.63, 3.8) is 0 Å². The summed E-state index contributed by atoms with van der Waals surface area (Å²) in [7, 11) is 3.24. The standard InChI is InChI=1S/C22H27NO3/c1-4-23(15-16-9-12-20(25-2)21(13-16)26-3)22(24)19-11-10-17-7-5-6-8-18(17)14-19/h9-14H,4-8,15H2,1-3H3. The number of aryl methyl sites for hydroxylation is 2. The molecule has 0 aromatic heterocycles. The number of ether oxygens (including phenoxy) is 2. The maximum absolute atomic E-state index is 13.0. The number of amides is 1. The number of hydrogen-bond acceptors (Lipinski definition) is 3. The zero-order valence-corrected chi connectivity index (χ0v) is 15.9. The predicted octanol–water partition coefficient (Wildman–Crippen LogP) is 4.24. The van der Waals surface area contributed by atoms with Gasteiger partial charge in [-0.3, -0.25) is 4.79 Å². The minimum atomic E-state index is 0.0793. The van der Waals surface area contributed by atoms with E-state index < -0.39 is 0 Å². The molecule has 0 heterocycles. The van der Waals surface area contributed by atoms with Crippen molar-refractivity contribution in [2.45, 2.75) is 39.2 Å². The van der Waals surface area contributed by atoms with Crippen molar-refractivity contribution < 1.29 is 14.3 Å². The molecule has 1 aliphatic rings. The Morgan fingerprint density at radius 1 is 0.962 bits per heavy atom. The topological polar surface area (TPSA) is 38.8 Å². The van der Waals surface area contributed by atoms with E-state index in [9.17, 15) is 4.79 Å². The van der Waals surface area contributed by atoms with E-state index in [1.54, 1.807) is 14.2 Å². The van der Waals surface area contributed by atoms with Crippen molar-refractivity contribution in [2.75, 3.05) is 20.8 Å². The summed E-state index contributed by atoms with van der Waals surface area (Å²) >= 11 is 0. The highest BCUT2D eigenvalue weighted by atomic mass is 16.5. The maximum atomic E-state index is 13.0. The third-order valence-electron chi connectivity index (χ3n) is 5.09. The number of hydrogen-bond donors (Lipinski definition) is 0. The third-order valence-corrected chi connectivity index (χ3v) is 5.09. The molecule has 0 N–H and O–H groups in total. The van der Waals surface area contributed by atoms with Gasteiger partial charge in [-0.05, 0) is 73.6 Å². The lowest BCUT2D eigenvalue weighted by Crippen LogP contribution is -2.30. The van der Waals surface area contributed by atoms with Crippen molar-refractivity contribution >= 4 is 5.91 Å². The molecule has 4 nitrogen and oxygen atoms in total. The van der Waals surface area contributed by atoms with Crippen LogP contribution in [0.2, 0.25) is 0 Å². The molecule has 0 atom stereocenters. The van der Waals surface area contributed by atoms with Crippen LogP contribution < -0.4 is 9.47 Å². The number of carbonyl (C=O) groups excluding carboxylic acids is 1. The fourth-order valence-electron chi connectivity index (χ4n) is 3.58. The number of methoxy groups -OCH3 is 2. The van der Waals surface area contributed by atoms with Crippen molar-refractivity contribution in [3.8, 4) is 11.5 Å². The Balaban J connectivity index is 1.79. The molecule has 2 aromatic rings. The lowest BCUT2D eigenvalue weighted by Gasteiger charge is -2.23. The summed E-state index contributed by atoms with van der Waals surface area (Å²) in [5, 5.41) is 0. The molecule has 0 aliphatic heterocycles. The summed E-state index contributed by atoms with van der Waals surface area (Å²) in [6.07, 6.45) is 4.68. The van der Waals surface area contributed by atoms with E-state index in [1.165, 1.54) is 24.0 Å². The van der Waals surface area contributed by atoms with Gasteiger partial charge in [0.25, 0.3) is 5.91 Å². The van der Waals surface area contributed by atoms with Crippen molar-refractivity contribution in [2.24, 2.45) is 0 Å². The van der Waals surface area contributed by atoms with Gasteiger partial charge >= 0.3 is 0 Å². The van der Waals surface area contributed by atoms with Crippen LogP contribution in [0.3, 0.4) is 0 Å². The van der Waals surface area contributed by atoms with E-state index >= 15 is 0 Å². The molecule has 0 spiro atoms. The molecule has 3 rings (SSSR count). The van der Waals surface area contributed by atoms with Crippen LogP contribution in [0.4, 0.5) is 0 Å². The second-order valence-corrected chi connectivity index (χ2v) is 6.70. The normalized spacial score (nSPS) is 13.0. The third kappa shape index (κ3) is 3.85. The van der Waals surface area contributed by atoms with Gasteiger partial charge in [0.15, 0.2) is 11.5 Å². The average molecular weight is 353 g/mol. The molecule has 1 aliphatic carbocycles. The first-order chi connectivity index (χ1) is 12.7. The van der Waals surface area contributed by atoms with Crippen molar-refractivity contribution in [1.29, 1.82) is 0 Å². The highest BCUT2D eigenvalue weighted by Gasteiger charge is 2.18. The molecule has 4 heteroatoms. The SMILES string of the molecule is CCN(Cc1ccc(OC)c(OC)c1)C(=O)c1ccc2c(c1)CCCC2. The minimum Gasteiger partial charge on any atom is -0.493 e. The van der Waals surface area contributed by atoms with Crippen LogP contribution in [-0.2, 0) is 19.4 Å². The van der Waals surface area contributed by atoms with Crippen LogP contribution in [0.15, 0.2) is 36.4 Å². The molecular weight excluding hydrogens is 326 g/mol. The Morgan fingerprint density at radius 3 is 2.38 bits per heavy atom. The van der Waals surface area contributed by atoms with E-state index in [4.69, 9.17) is 9.47 Å². The summed E-state index contributed by atoms with van der Waals surface area (Å²) in [4.78, 5) is 14.9. The van der Waals surface area contributed by atoms with Gasteiger partial charge in [0.05, 0.1) is 14.2 Å². The fraction of sp³-hybridized carbons (Fsp3) is 0.409. The van der Waals surface area contributed by atoms with E-state index in [0.29, 0.717) is 24.6 Å². The zero-order chi connectivity index (χ0) is 18.5. The monoisotopic (exact) mass is 353 g/mol. The van der Waals surface area contributed by atoms with Gasteiger partial charge in [-0.25, -0.2) is 0 Å². The van der Waals surface area contributed by atoms with Crippen LogP contribution in [0, 0.1) is 0 Å². The Morgan fingerprint density at radius 2 is 1.69 bits per heavy atom. The first-order valence-electron chi connectivity index (χ1n) is 9.28. The number of rotatable bonds is 6. The predicted molar refractivity (Wildman–Crippen MR) is 103 cm³/mol. The Hall–Kier alpha value is -2.49. The molecule has 26 heavy (non-hydrogen) atoms. The van der Waals surface area contributed by atoms with Crippen molar-refractivity contribution in [3.05, 3.63) is 58.7 Å². The quantitative estimate of drug-likeness (QED) is 0.779. The summed E-state index contributed by atoms with van der Waals surface area (Å²) in [5.41, 5.74) is 4.55. The molecule has 0 bridgehead atoms.